The van der Waals surface area contributed by atoms with Gasteiger partial charge in [-0.3, -0.25) is 4.79 Å². The van der Waals surface area contributed by atoms with Crippen molar-refractivity contribution in [2.24, 2.45) is 5.92 Å². The van der Waals surface area contributed by atoms with Gasteiger partial charge in [0, 0.05) is 25.7 Å². The van der Waals surface area contributed by atoms with Gasteiger partial charge in [0.2, 0.25) is 0 Å². The Hall–Kier alpha value is -1.26. The van der Waals surface area contributed by atoms with Gasteiger partial charge in [0.15, 0.2) is 0 Å². The van der Waals surface area contributed by atoms with E-state index in [1.807, 2.05) is 4.90 Å². The predicted molar refractivity (Wildman–Crippen MR) is 69.4 cm³/mol. The lowest BCUT2D eigenvalue weighted by molar-refractivity contribution is -0.141. The molecule has 18 heavy (non-hydrogen) atoms. The first kappa shape index (κ1) is 14.8. The summed E-state index contributed by atoms with van der Waals surface area (Å²) in [7, 11) is 1.68. The molecule has 1 fully saturated rings. The lowest BCUT2D eigenvalue weighted by Crippen LogP contribution is -2.53. The highest BCUT2D eigenvalue weighted by molar-refractivity contribution is 5.76. The minimum atomic E-state index is -0.866. The van der Waals surface area contributed by atoms with Crippen LogP contribution in [0.3, 0.4) is 0 Å². The van der Waals surface area contributed by atoms with Crippen molar-refractivity contribution in [2.75, 3.05) is 13.6 Å². The molecule has 5 heteroatoms. The number of carbonyl (C=O) groups excluding carboxylic acids is 1. The van der Waals surface area contributed by atoms with E-state index in [0.717, 1.165) is 19.3 Å². The molecule has 0 aliphatic carbocycles. The van der Waals surface area contributed by atoms with Crippen LogP contribution in [0.4, 0.5) is 4.79 Å². The Bertz CT molecular complexity index is 309. The average Bonchev–Trinajstić information content (AvgIpc) is 2.28. The summed E-state index contributed by atoms with van der Waals surface area (Å²) in [6.07, 6.45) is 3.21. The van der Waals surface area contributed by atoms with Crippen LogP contribution >= 0.6 is 0 Å². The number of carboxylic acid groups (broad SMARTS) is 1. The van der Waals surface area contributed by atoms with Crippen LogP contribution in [0.2, 0.25) is 0 Å². The number of hydrogen-bond donors (Lipinski definition) is 1. The maximum absolute atomic E-state index is 12.3. The summed E-state index contributed by atoms with van der Waals surface area (Å²) in [5.74, 6) is -1.40. The van der Waals surface area contributed by atoms with Gasteiger partial charge in [-0.1, -0.05) is 6.92 Å². The minimum Gasteiger partial charge on any atom is -0.481 e. The van der Waals surface area contributed by atoms with Crippen molar-refractivity contribution in [1.82, 2.24) is 9.80 Å². The van der Waals surface area contributed by atoms with Crippen molar-refractivity contribution < 1.29 is 14.7 Å². The van der Waals surface area contributed by atoms with Gasteiger partial charge in [0.25, 0.3) is 0 Å². The van der Waals surface area contributed by atoms with Crippen LogP contribution in [-0.4, -0.2) is 52.6 Å². The highest BCUT2D eigenvalue weighted by atomic mass is 16.4. The topological polar surface area (TPSA) is 60.9 Å². The number of nitrogens with zero attached hydrogens (tertiary/aromatic N) is 2. The molecule has 0 bridgehead atoms. The van der Waals surface area contributed by atoms with Crippen LogP contribution in [0.5, 0.6) is 0 Å². The summed E-state index contributed by atoms with van der Waals surface area (Å²) in [4.78, 5) is 26.6. The molecule has 1 aliphatic rings. The zero-order chi connectivity index (χ0) is 13.9. The fourth-order valence-corrected chi connectivity index (χ4v) is 2.56. The fraction of sp³-hybridized carbons (Fsp3) is 0.846. The molecule has 0 aromatic rings. The van der Waals surface area contributed by atoms with Crippen molar-refractivity contribution in [3.63, 3.8) is 0 Å². The molecule has 1 heterocycles. The molecule has 104 valence electrons. The third-order valence-corrected chi connectivity index (χ3v) is 3.71. The molecule has 1 unspecified atom stereocenters. The Morgan fingerprint density at radius 1 is 1.33 bits per heavy atom. The summed E-state index contributed by atoms with van der Waals surface area (Å²) in [5.41, 5.74) is 0. The maximum atomic E-state index is 12.3. The lowest BCUT2D eigenvalue weighted by atomic mass is 9.98. The van der Waals surface area contributed by atoms with Gasteiger partial charge in [-0.25, -0.2) is 4.79 Å². The number of rotatable bonds is 3. The van der Waals surface area contributed by atoms with Gasteiger partial charge in [0.05, 0.1) is 5.92 Å². The summed E-state index contributed by atoms with van der Waals surface area (Å²) >= 11 is 0. The zero-order valence-corrected chi connectivity index (χ0v) is 11.7. The van der Waals surface area contributed by atoms with E-state index in [4.69, 9.17) is 5.11 Å². The summed E-state index contributed by atoms with van der Waals surface area (Å²) in [6.45, 7) is 5.99. The van der Waals surface area contributed by atoms with Crippen molar-refractivity contribution in [3.8, 4) is 0 Å². The Balaban J connectivity index is 2.64. The molecule has 1 N–H and O–H groups in total. The van der Waals surface area contributed by atoms with Gasteiger partial charge in [0.1, 0.15) is 0 Å². The Kier molecular flexibility index (Phi) is 4.99. The van der Waals surface area contributed by atoms with Crippen molar-refractivity contribution in [1.29, 1.82) is 0 Å². The van der Waals surface area contributed by atoms with Crippen LogP contribution in [0.15, 0.2) is 0 Å². The van der Waals surface area contributed by atoms with Crippen LogP contribution in [0.1, 0.15) is 40.0 Å². The van der Waals surface area contributed by atoms with Crippen LogP contribution in [0, 0.1) is 5.92 Å². The van der Waals surface area contributed by atoms with E-state index >= 15 is 0 Å². The second-order valence-electron chi connectivity index (χ2n) is 5.44. The number of carbonyl (C=O) groups is 2. The molecule has 0 aromatic heterocycles. The van der Waals surface area contributed by atoms with Crippen LogP contribution in [0.25, 0.3) is 0 Å². The van der Waals surface area contributed by atoms with Crippen molar-refractivity contribution >= 4 is 12.0 Å². The molecule has 1 saturated heterocycles. The third kappa shape index (κ3) is 3.37. The standard InChI is InChI=1S/C13H24N2O3/c1-9(12(16)17)8-14(4)13(18)15-10(2)6-5-7-11(15)3/h9-11H,5-8H2,1-4H3,(H,16,17)/t9?,10-,11+. The maximum Gasteiger partial charge on any atom is 0.320 e. The SMILES string of the molecule is CC(CN(C)C(=O)N1[C@H](C)CCC[C@@H]1C)C(=O)O. The number of likely N-dealkylation sites (tertiary alicyclic amines) is 1. The van der Waals surface area contributed by atoms with E-state index in [1.165, 1.54) is 4.90 Å². The van der Waals surface area contributed by atoms with E-state index < -0.39 is 11.9 Å². The zero-order valence-electron chi connectivity index (χ0n) is 11.7. The van der Waals surface area contributed by atoms with Crippen LogP contribution < -0.4 is 0 Å². The monoisotopic (exact) mass is 256 g/mol. The Morgan fingerprint density at radius 2 is 1.83 bits per heavy atom. The molecule has 0 radical (unpaired) electrons. The minimum absolute atomic E-state index is 0.0530. The molecule has 0 aromatic carbocycles. The number of aliphatic carboxylic acids is 1. The first-order chi connectivity index (χ1) is 8.34. The molecule has 0 saturated carbocycles. The molecule has 5 nitrogen and oxygen atoms in total. The molecule has 1 rings (SSSR count). The third-order valence-electron chi connectivity index (χ3n) is 3.71. The first-order valence-corrected chi connectivity index (χ1v) is 6.60. The molecule has 3 atom stereocenters. The lowest BCUT2D eigenvalue weighted by Gasteiger charge is -2.41. The summed E-state index contributed by atoms with van der Waals surface area (Å²) in [5, 5.41) is 8.88. The van der Waals surface area contributed by atoms with Gasteiger partial charge in [-0.05, 0) is 33.1 Å². The van der Waals surface area contributed by atoms with E-state index in [2.05, 4.69) is 13.8 Å². The fourth-order valence-electron chi connectivity index (χ4n) is 2.56. The highest BCUT2D eigenvalue weighted by Crippen LogP contribution is 2.23. The Morgan fingerprint density at radius 3 is 2.28 bits per heavy atom. The number of piperidine rings is 1. The van der Waals surface area contributed by atoms with E-state index in [9.17, 15) is 9.59 Å². The quantitative estimate of drug-likeness (QED) is 0.840. The smallest absolute Gasteiger partial charge is 0.320 e. The van der Waals surface area contributed by atoms with E-state index in [0.29, 0.717) is 0 Å². The number of carboxylic acids is 1. The van der Waals surface area contributed by atoms with E-state index in [1.54, 1.807) is 14.0 Å². The average molecular weight is 256 g/mol. The van der Waals surface area contributed by atoms with Crippen molar-refractivity contribution in [2.45, 2.75) is 52.1 Å². The summed E-state index contributed by atoms with van der Waals surface area (Å²) in [6, 6.07) is 0.426. The van der Waals surface area contributed by atoms with Gasteiger partial charge < -0.3 is 14.9 Å². The molecular formula is C13H24N2O3. The predicted octanol–water partition coefficient (Wildman–Crippen LogP) is 2.02. The van der Waals surface area contributed by atoms with Gasteiger partial charge in [-0.2, -0.15) is 0 Å². The number of amides is 2. The molecule has 2 amide bonds. The molecule has 1 aliphatic heterocycles. The number of hydrogen-bond acceptors (Lipinski definition) is 2. The highest BCUT2D eigenvalue weighted by Gasteiger charge is 2.31. The van der Waals surface area contributed by atoms with E-state index in [-0.39, 0.29) is 24.7 Å². The van der Waals surface area contributed by atoms with Crippen LogP contribution in [-0.2, 0) is 4.79 Å². The first-order valence-electron chi connectivity index (χ1n) is 6.60. The second kappa shape index (κ2) is 6.07. The second-order valence-corrected chi connectivity index (χ2v) is 5.44. The largest absolute Gasteiger partial charge is 0.481 e. The van der Waals surface area contributed by atoms with Crippen molar-refractivity contribution in [3.05, 3.63) is 0 Å². The summed E-state index contributed by atoms with van der Waals surface area (Å²) < 4.78 is 0. The normalized spacial score (nSPS) is 25.7. The molecule has 0 spiro atoms. The number of urea groups is 1. The molecular weight excluding hydrogens is 232 g/mol. The van der Waals surface area contributed by atoms with Gasteiger partial charge in [-0.15, -0.1) is 0 Å². The van der Waals surface area contributed by atoms with Gasteiger partial charge >= 0.3 is 12.0 Å². The Labute approximate surface area is 109 Å².